The average Bonchev–Trinajstić information content (AvgIpc) is 2.81. The van der Waals surface area contributed by atoms with Crippen LogP contribution in [0.5, 0.6) is 0 Å². The highest BCUT2D eigenvalue weighted by Gasteiger charge is 2.42. The number of aromatic nitrogens is 3. The molecule has 4 nitrogen and oxygen atoms in total. The normalized spacial score (nSPS) is 12.0. The van der Waals surface area contributed by atoms with Gasteiger partial charge in [0.15, 0.2) is 23.3 Å². The Balaban J connectivity index is 2.41. The average molecular weight is 346 g/mol. The molecule has 0 aliphatic heterocycles. The molecule has 2 rings (SSSR count). The molecule has 0 amide bonds. The van der Waals surface area contributed by atoms with E-state index in [2.05, 4.69) is 15.2 Å². The number of aromatic amines is 1. The predicted octanol–water partition coefficient (Wildman–Crippen LogP) is 3.25. The maximum absolute atomic E-state index is 13.6. The van der Waals surface area contributed by atoms with Crippen molar-refractivity contribution in [2.75, 3.05) is 5.73 Å². The van der Waals surface area contributed by atoms with E-state index < -0.39 is 46.3 Å². The summed E-state index contributed by atoms with van der Waals surface area (Å²) < 4.78 is 91.1. The maximum Gasteiger partial charge on any atom is 0.422 e. The zero-order chi connectivity index (χ0) is 16.7. The first-order valence-electron chi connectivity index (χ1n) is 5.35. The van der Waals surface area contributed by atoms with Gasteiger partial charge in [-0.15, -0.1) is 5.10 Å². The van der Waals surface area contributed by atoms with Crippen molar-refractivity contribution in [3.05, 3.63) is 34.4 Å². The molecule has 0 bridgehead atoms. The molecule has 22 heavy (non-hydrogen) atoms. The minimum atomic E-state index is -5.57. The van der Waals surface area contributed by atoms with Gasteiger partial charge in [0.2, 0.25) is 11.1 Å². The molecule has 0 atom stereocenters. The zero-order valence-corrected chi connectivity index (χ0v) is 11.0. The summed E-state index contributed by atoms with van der Waals surface area (Å²) in [7, 11) is 0. The van der Waals surface area contributed by atoms with Crippen LogP contribution in [0.25, 0.3) is 0 Å². The van der Waals surface area contributed by atoms with Crippen molar-refractivity contribution >= 4 is 17.7 Å². The molecule has 2 aromatic rings. The van der Waals surface area contributed by atoms with Crippen molar-refractivity contribution in [1.29, 1.82) is 0 Å². The minimum Gasteiger partial charge on any atom is -0.368 e. The summed E-state index contributed by atoms with van der Waals surface area (Å²) in [5.41, 5.74) is 1.38. The standard InChI is InChI=1S/C10H5F7N4S/c11-4-2(1-22-9-19-8(18)20-21-9)5(12)7(14)3(6(4)13)10(15,16)17/h1H2,(H3,18,19,20,21). The van der Waals surface area contributed by atoms with Gasteiger partial charge in [-0.25, -0.2) is 22.7 Å². The summed E-state index contributed by atoms with van der Waals surface area (Å²) in [4.78, 5) is 3.55. The van der Waals surface area contributed by atoms with Gasteiger partial charge in [-0.3, -0.25) is 0 Å². The van der Waals surface area contributed by atoms with E-state index in [-0.39, 0.29) is 11.1 Å². The first-order chi connectivity index (χ1) is 10.1. The Hall–Kier alpha value is -1.98. The van der Waals surface area contributed by atoms with Crippen molar-refractivity contribution in [2.24, 2.45) is 0 Å². The van der Waals surface area contributed by atoms with E-state index in [1.54, 1.807) is 0 Å². The van der Waals surface area contributed by atoms with Crippen LogP contribution >= 0.6 is 11.8 Å². The number of anilines is 1. The summed E-state index contributed by atoms with van der Waals surface area (Å²) >= 11 is 0.525. The molecule has 0 unspecified atom stereocenters. The lowest BCUT2D eigenvalue weighted by Gasteiger charge is -2.13. The number of hydrogen-bond acceptors (Lipinski definition) is 4. The zero-order valence-electron chi connectivity index (χ0n) is 10.2. The molecule has 1 heterocycles. The van der Waals surface area contributed by atoms with Crippen LogP contribution in [0.1, 0.15) is 11.1 Å². The SMILES string of the molecule is Nc1nc(SCc2c(F)c(F)c(C(F)(F)F)c(F)c2F)n[nH]1. The second-order valence-electron chi connectivity index (χ2n) is 3.90. The number of H-pyrrole nitrogens is 1. The molecular formula is C10H5F7N4S. The lowest BCUT2D eigenvalue weighted by molar-refractivity contribution is -0.143. The van der Waals surface area contributed by atoms with Gasteiger partial charge in [0.05, 0.1) is 0 Å². The number of nitrogens with zero attached hydrogens (tertiary/aromatic N) is 2. The minimum absolute atomic E-state index is 0.1000. The Morgan fingerprint density at radius 2 is 1.55 bits per heavy atom. The largest absolute Gasteiger partial charge is 0.422 e. The second-order valence-corrected chi connectivity index (χ2v) is 4.84. The maximum atomic E-state index is 13.6. The summed E-state index contributed by atoms with van der Waals surface area (Å²) in [5, 5.41) is 5.58. The summed E-state index contributed by atoms with van der Waals surface area (Å²) in [5.74, 6) is -10.1. The second kappa shape index (κ2) is 5.66. The molecule has 0 aliphatic carbocycles. The fourth-order valence-corrected chi connectivity index (χ4v) is 2.31. The third-order valence-electron chi connectivity index (χ3n) is 2.47. The van der Waals surface area contributed by atoms with Gasteiger partial charge >= 0.3 is 6.18 Å². The molecule has 0 spiro atoms. The summed E-state index contributed by atoms with van der Waals surface area (Å²) in [6.45, 7) is 0. The van der Waals surface area contributed by atoms with E-state index in [0.717, 1.165) is 0 Å². The lowest BCUT2D eigenvalue weighted by Crippen LogP contribution is -2.16. The van der Waals surface area contributed by atoms with Gasteiger partial charge in [-0.2, -0.15) is 18.2 Å². The van der Waals surface area contributed by atoms with Gasteiger partial charge in [-0.05, 0) is 0 Å². The van der Waals surface area contributed by atoms with E-state index >= 15 is 0 Å². The van der Waals surface area contributed by atoms with E-state index in [1.807, 2.05) is 0 Å². The van der Waals surface area contributed by atoms with Crippen LogP contribution < -0.4 is 5.73 Å². The first-order valence-corrected chi connectivity index (χ1v) is 6.34. The molecule has 0 saturated heterocycles. The Morgan fingerprint density at radius 3 is 1.95 bits per heavy atom. The molecule has 1 aromatic heterocycles. The van der Waals surface area contributed by atoms with Crippen molar-refractivity contribution in [3.8, 4) is 0 Å². The van der Waals surface area contributed by atoms with Crippen molar-refractivity contribution in [1.82, 2.24) is 15.2 Å². The number of hydrogen-bond donors (Lipinski definition) is 2. The Kier molecular flexibility index (Phi) is 4.22. The highest BCUT2D eigenvalue weighted by atomic mass is 32.2. The number of thioether (sulfide) groups is 1. The van der Waals surface area contributed by atoms with Crippen molar-refractivity contribution in [3.63, 3.8) is 0 Å². The molecule has 0 saturated carbocycles. The van der Waals surface area contributed by atoms with Gasteiger partial charge in [0, 0.05) is 11.3 Å². The van der Waals surface area contributed by atoms with Crippen molar-refractivity contribution < 1.29 is 30.7 Å². The van der Waals surface area contributed by atoms with Crippen LogP contribution in [0, 0.1) is 23.3 Å². The molecule has 120 valence electrons. The number of benzene rings is 1. The van der Waals surface area contributed by atoms with Gasteiger partial charge in [-0.1, -0.05) is 11.8 Å². The molecule has 12 heteroatoms. The van der Waals surface area contributed by atoms with Crippen LogP contribution in [0.4, 0.5) is 36.7 Å². The van der Waals surface area contributed by atoms with Crippen LogP contribution in [0.3, 0.4) is 0 Å². The van der Waals surface area contributed by atoms with Crippen LogP contribution in [0.15, 0.2) is 5.16 Å². The lowest BCUT2D eigenvalue weighted by atomic mass is 10.1. The van der Waals surface area contributed by atoms with Gasteiger partial charge in [0.25, 0.3) is 0 Å². The molecular weight excluding hydrogens is 341 g/mol. The van der Waals surface area contributed by atoms with Gasteiger partial charge in [0.1, 0.15) is 5.56 Å². The van der Waals surface area contributed by atoms with Crippen LogP contribution in [-0.2, 0) is 11.9 Å². The Labute approximate surface area is 121 Å². The number of nitrogen functional groups attached to an aromatic ring is 1. The summed E-state index contributed by atoms with van der Waals surface area (Å²) in [6, 6.07) is 0. The Bertz CT molecular complexity index is 683. The first kappa shape index (κ1) is 16.4. The smallest absolute Gasteiger partial charge is 0.368 e. The molecule has 0 aliphatic rings. The van der Waals surface area contributed by atoms with E-state index in [9.17, 15) is 30.7 Å². The van der Waals surface area contributed by atoms with E-state index in [0.29, 0.717) is 11.8 Å². The molecule has 0 fully saturated rings. The third-order valence-corrected chi connectivity index (χ3v) is 3.34. The number of halogens is 7. The molecule has 0 radical (unpaired) electrons. The topological polar surface area (TPSA) is 67.6 Å². The molecule has 1 aromatic carbocycles. The number of alkyl halides is 3. The Morgan fingerprint density at radius 1 is 1.00 bits per heavy atom. The quantitative estimate of drug-likeness (QED) is 0.509. The van der Waals surface area contributed by atoms with Crippen LogP contribution in [0.2, 0.25) is 0 Å². The van der Waals surface area contributed by atoms with E-state index in [4.69, 9.17) is 5.73 Å². The highest BCUT2D eigenvalue weighted by molar-refractivity contribution is 7.98. The summed E-state index contributed by atoms with van der Waals surface area (Å²) in [6.07, 6.45) is -5.57. The highest BCUT2D eigenvalue weighted by Crippen LogP contribution is 2.38. The third kappa shape index (κ3) is 2.96. The fourth-order valence-electron chi connectivity index (χ4n) is 1.51. The molecule has 3 N–H and O–H groups in total. The monoisotopic (exact) mass is 346 g/mol. The number of rotatable bonds is 3. The number of nitrogens with two attached hydrogens (primary N) is 1. The van der Waals surface area contributed by atoms with E-state index in [1.165, 1.54) is 0 Å². The number of nitrogens with one attached hydrogen (secondary N) is 1. The fraction of sp³-hybridized carbons (Fsp3) is 0.200. The van der Waals surface area contributed by atoms with Crippen LogP contribution in [-0.4, -0.2) is 15.2 Å². The van der Waals surface area contributed by atoms with Crippen molar-refractivity contribution in [2.45, 2.75) is 17.1 Å². The predicted molar refractivity (Wildman–Crippen MR) is 61.6 cm³/mol. The van der Waals surface area contributed by atoms with Gasteiger partial charge < -0.3 is 5.73 Å².